The Hall–Kier alpha value is -1.54. The second kappa shape index (κ2) is 7.91. The van der Waals surface area contributed by atoms with Gasteiger partial charge in [-0.05, 0) is 12.8 Å². The molecule has 0 aliphatic rings. The highest BCUT2D eigenvalue weighted by Crippen LogP contribution is 2.16. The van der Waals surface area contributed by atoms with Crippen LogP contribution >= 0.6 is 23.5 Å². The van der Waals surface area contributed by atoms with Gasteiger partial charge < -0.3 is 9.97 Å². The zero-order valence-corrected chi connectivity index (χ0v) is 12.3. The van der Waals surface area contributed by atoms with Crippen LogP contribution in [0, 0.1) is 0 Å². The minimum atomic E-state index is -0.128. The van der Waals surface area contributed by atoms with E-state index in [-0.39, 0.29) is 11.1 Å². The van der Waals surface area contributed by atoms with E-state index >= 15 is 0 Å². The van der Waals surface area contributed by atoms with Gasteiger partial charge >= 0.3 is 0 Å². The Kier molecular flexibility index (Phi) is 5.87. The van der Waals surface area contributed by atoms with Gasteiger partial charge in [0.05, 0.1) is 0 Å². The van der Waals surface area contributed by atoms with Crippen LogP contribution in [0.15, 0.2) is 44.4 Å². The molecule has 8 heteroatoms. The van der Waals surface area contributed by atoms with Gasteiger partial charge in [-0.3, -0.25) is 9.59 Å². The molecule has 0 bridgehead atoms. The topological polar surface area (TPSA) is 91.5 Å². The van der Waals surface area contributed by atoms with Crippen molar-refractivity contribution in [2.24, 2.45) is 0 Å². The van der Waals surface area contributed by atoms with E-state index in [1.165, 1.54) is 48.1 Å². The Morgan fingerprint density at radius 2 is 1.30 bits per heavy atom. The first kappa shape index (κ1) is 14.9. The Morgan fingerprint density at radius 1 is 0.850 bits per heavy atom. The molecule has 20 heavy (non-hydrogen) atoms. The van der Waals surface area contributed by atoms with Crippen molar-refractivity contribution in [3.63, 3.8) is 0 Å². The molecule has 0 aliphatic heterocycles. The van der Waals surface area contributed by atoms with Gasteiger partial charge in [0.1, 0.15) is 0 Å². The maximum Gasteiger partial charge on any atom is 0.251 e. The molecule has 0 amide bonds. The summed E-state index contributed by atoms with van der Waals surface area (Å²) in [6.45, 7) is 0. The average Bonchev–Trinajstić information content (AvgIpc) is 2.43. The van der Waals surface area contributed by atoms with Crippen LogP contribution in [-0.4, -0.2) is 31.4 Å². The summed E-state index contributed by atoms with van der Waals surface area (Å²) in [6, 6.07) is 2.79. The summed E-state index contributed by atoms with van der Waals surface area (Å²) in [5.41, 5.74) is -0.255. The van der Waals surface area contributed by atoms with E-state index in [9.17, 15) is 9.59 Å². The lowest BCUT2D eigenvalue weighted by molar-refractivity contribution is 0.883. The number of aromatic amines is 2. The molecule has 106 valence electrons. The molecule has 0 saturated heterocycles. The molecule has 0 fully saturated rings. The second-order valence-electron chi connectivity index (χ2n) is 3.88. The monoisotopic (exact) mass is 310 g/mol. The van der Waals surface area contributed by atoms with Crippen molar-refractivity contribution in [2.75, 3.05) is 11.5 Å². The van der Waals surface area contributed by atoms with Gasteiger partial charge in [0.25, 0.3) is 11.1 Å². The summed E-state index contributed by atoms with van der Waals surface area (Å²) in [5, 5.41) is 1.30. The molecule has 0 aliphatic carbocycles. The Labute approximate surface area is 123 Å². The van der Waals surface area contributed by atoms with Gasteiger partial charge in [-0.25, -0.2) is 9.97 Å². The molecular formula is C12H14N4O2S2. The van der Waals surface area contributed by atoms with E-state index in [4.69, 9.17) is 0 Å². The predicted molar refractivity (Wildman–Crippen MR) is 80.4 cm³/mol. The van der Waals surface area contributed by atoms with E-state index in [1.54, 1.807) is 0 Å². The lowest BCUT2D eigenvalue weighted by Crippen LogP contribution is -2.05. The number of nitrogens with zero attached hydrogens (tertiary/aromatic N) is 2. The molecule has 0 radical (unpaired) electrons. The van der Waals surface area contributed by atoms with Crippen LogP contribution in [0.1, 0.15) is 12.8 Å². The van der Waals surface area contributed by atoms with Gasteiger partial charge in [-0.1, -0.05) is 23.5 Å². The molecule has 2 N–H and O–H groups in total. The summed E-state index contributed by atoms with van der Waals surface area (Å²) >= 11 is 3.07. The number of aromatic nitrogens is 4. The number of rotatable bonds is 7. The first-order valence-electron chi connectivity index (χ1n) is 6.10. The van der Waals surface area contributed by atoms with Gasteiger partial charge in [0, 0.05) is 36.0 Å². The fourth-order valence-corrected chi connectivity index (χ4v) is 3.09. The molecule has 2 aromatic heterocycles. The zero-order valence-electron chi connectivity index (χ0n) is 10.7. The summed E-state index contributed by atoms with van der Waals surface area (Å²) in [4.78, 5) is 35.6. The molecule has 6 nitrogen and oxygen atoms in total. The predicted octanol–water partition coefficient (Wildman–Crippen LogP) is 1.52. The van der Waals surface area contributed by atoms with Crippen molar-refractivity contribution in [3.8, 4) is 0 Å². The highest BCUT2D eigenvalue weighted by molar-refractivity contribution is 7.99. The number of nitrogens with one attached hydrogen (secondary N) is 2. The van der Waals surface area contributed by atoms with Crippen molar-refractivity contribution < 1.29 is 0 Å². The Morgan fingerprint density at radius 3 is 1.70 bits per heavy atom. The summed E-state index contributed by atoms with van der Waals surface area (Å²) < 4.78 is 0. The Balaban J connectivity index is 1.62. The third kappa shape index (κ3) is 5.22. The minimum absolute atomic E-state index is 0.128. The number of hydrogen-bond donors (Lipinski definition) is 2. The minimum Gasteiger partial charge on any atom is -0.301 e. The largest absolute Gasteiger partial charge is 0.301 e. The molecule has 2 heterocycles. The fourth-order valence-electron chi connectivity index (χ4n) is 1.39. The zero-order chi connectivity index (χ0) is 14.2. The third-order valence-electron chi connectivity index (χ3n) is 2.31. The van der Waals surface area contributed by atoms with Gasteiger partial charge in [0.15, 0.2) is 10.3 Å². The van der Waals surface area contributed by atoms with Crippen molar-refractivity contribution in [1.29, 1.82) is 0 Å². The van der Waals surface area contributed by atoms with Crippen LogP contribution in [0.3, 0.4) is 0 Å². The lowest BCUT2D eigenvalue weighted by Gasteiger charge is -2.01. The fraction of sp³-hybridized carbons (Fsp3) is 0.333. The number of unbranched alkanes of at least 4 members (excludes halogenated alkanes) is 1. The maximum absolute atomic E-state index is 11.1. The van der Waals surface area contributed by atoms with Crippen molar-refractivity contribution in [2.45, 2.75) is 23.2 Å². The van der Waals surface area contributed by atoms with E-state index in [0.717, 1.165) is 24.3 Å². The third-order valence-corrected chi connectivity index (χ3v) is 4.26. The maximum atomic E-state index is 11.1. The van der Waals surface area contributed by atoms with Crippen molar-refractivity contribution in [3.05, 3.63) is 45.2 Å². The first-order chi connectivity index (χ1) is 9.74. The van der Waals surface area contributed by atoms with Crippen LogP contribution in [0.4, 0.5) is 0 Å². The van der Waals surface area contributed by atoms with Gasteiger partial charge in [-0.15, -0.1) is 0 Å². The molecule has 0 spiro atoms. The van der Waals surface area contributed by atoms with Crippen molar-refractivity contribution >= 4 is 23.5 Å². The van der Waals surface area contributed by atoms with Gasteiger partial charge in [-0.2, -0.15) is 0 Å². The smallest absolute Gasteiger partial charge is 0.251 e. The summed E-state index contributed by atoms with van der Waals surface area (Å²) in [7, 11) is 0. The van der Waals surface area contributed by atoms with Crippen LogP contribution in [0.5, 0.6) is 0 Å². The highest BCUT2D eigenvalue weighted by Gasteiger charge is 1.99. The molecule has 2 rings (SSSR count). The SMILES string of the molecule is O=c1ccnc(SCCCCSc2nccc(=O)[nH]2)[nH]1. The van der Waals surface area contributed by atoms with Gasteiger partial charge in [0.2, 0.25) is 0 Å². The van der Waals surface area contributed by atoms with Crippen molar-refractivity contribution in [1.82, 2.24) is 19.9 Å². The molecule has 2 aromatic rings. The number of thioether (sulfide) groups is 2. The normalized spacial score (nSPS) is 10.6. The molecule has 0 aromatic carbocycles. The van der Waals surface area contributed by atoms with Crippen LogP contribution in [0.25, 0.3) is 0 Å². The second-order valence-corrected chi connectivity index (χ2v) is 6.05. The summed E-state index contributed by atoms with van der Waals surface area (Å²) in [6.07, 6.45) is 5.03. The molecule has 0 unspecified atom stereocenters. The van der Waals surface area contributed by atoms with Crippen LogP contribution in [0.2, 0.25) is 0 Å². The first-order valence-corrected chi connectivity index (χ1v) is 8.07. The average molecular weight is 310 g/mol. The Bertz CT molecular complexity index is 598. The van der Waals surface area contributed by atoms with Crippen LogP contribution in [-0.2, 0) is 0 Å². The van der Waals surface area contributed by atoms with E-state index in [2.05, 4.69) is 19.9 Å². The lowest BCUT2D eigenvalue weighted by atomic mass is 10.4. The summed E-state index contributed by atoms with van der Waals surface area (Å²) in [5.74, 6) is 1.79. The standard InChI is InChI=1S/C12H14N4O2S2/c17-9-3-5-13-11(15-9)19-7-1-2-8-20-12-14-6-4-10(18)16-12/h3-6H,1-2,7-8H2,(H,13,15,17)(H,14,16,18). The van der Waals surface area contributed by atoms with E-state index in [1.807, 2.05) is 0 Å². The van der Waals surface area contributed by atoms with Crippen LogP contribution < -0.4 is 11.1 Å². The number of H-pyrrole nitrogens is 2. The molecule has 0 atom stereocenters. The molecule has 0 saturated carbocycles. The van der Waals surface area contributed by atoms with E-state index < -0.39 is 0 Å². The highest BCUT2D eigenvalue weighted by atomic mass is 32.2. The molecular weight excluding hydrogens is 296 g/mol. The number of hydrogen-bond acceptors (Lipinski definition) is 6. The quantitative estimate of drug-likeness (QED) is 0.458. The van der Waals surface area contributed by atoms with E-state index in [0.29, 0.717) is 10.3 Å².